The smallest absolute Gasteiger partial charge is 0.110 e. The van der Waals surface area contributed by atoms with Gasteiger partial charge in [-0.15, -0.1) is 0 Å². The van der Waals surface area contributed by atoms with Gasteiger partial charge in [0.1, 0.15) is 5.54 Å². The minimum absolute atomic E-state index is 0.153. The van der Waals surface area contributed by atoms with Gasteiger partial charge in [-0.25, -0.2) is 0 Å². The van der Waals surface area contributed by atoms with E-state index in [1.165, 1.54) is 12.8 Å². The lowest BCUT2D eigenvalue weighted by atomic mass is 9.93. The molecule has 72 valence electrons. The van der Waals surface area contributed by atoms with E-state index in [0.29, 0.717) is 12.0 Å². The van der Waals surface area contributed by atoms with Gasteiger partial charge in [-0.1, -0.05) is 6.92 Å². The van der Waals surface area contributed by atoms with Crippen molar-refractivity contribution in [2.45, 2.75) is 51.1 Å². The van der Waals surface area contributed by atoms with Crippen LogP contribution < -0.4 is 5.32 Å². The average Bonchev–Trinajstić information content (AvgIpc) is 2.86. The van der Waals surface area contributed by atoms with Crippen molar-refractivity contribution in [1.29, 1.82) is 5.26 Å². The van der Waals surface area contributed by atoms with Crippen molar-refractivity contribution in [3.63, 3.8) is 0 Å². The fraction of sp³-hybridized carbons (Fsp3) is 0.909. The fourth-order valence-electron chi connectivity index (χ4n) is 2.66. The Morgan fingerprint density at radius 2 is 2.46 bits per heavy atom. The van der Waals surface area contributed by atoms with E-state index in [4.69, 9.17) is 0 Å². The van der Waals surface area contributed by atoms with Crippen LogP contribution in [-0.4, -0.2) is 11.6 Å². The molecule has 0 aromatic carbocycles. The standard InChI is InChI=1S/C11H18N2/c1-3-8(2)13-11(7-12)5-4-9-6-10(9)11/h8-10,13H,3-6H2,1-2H3. The van der Waals surface area contributed by atoms with E-state index in [1.54, 1.807) is 0 Å². The quantitative estimate of drug-likeness (QED) is 0.718. The average molecular weight is 178 g/mol. The molecule has 0 bridgehead atoms. The van der Waals surface area contributed by atoms with Crippen LogP contribution in [0.15, 0.2) is 0 Å². The van der Waals surface area contributed by atoms with Crippen molar-refractivity contribution in [1.82, 2.24) is 5.32 Å². The molecule has 2 saturated carbocycles. The van der Waals surface area contributed by atoms with Crippen molar-refractivity contribution in [3.05, 3.63) is 0 Å². The molecular weight excluding hydrogens is 160 g/mol. The van der Waals surface area contributed by atoms with E-state index < -0.39 is 0 Å². The zero-order valence-electron chi connectivity index (χ0n) is 8.51. The van der Waals surface area contributed by atoms with Crippen LogP contribution in [0.25, 0.3) is 0 Å². The van der Waals surface area contributed by atoms with Crippen LogP contribution in [0.3, 0.4) is 0 Å². The summed E-state index contributed by atoms with van der Waals surface area (Å²) in [5.41, 5.74) is -0.153. The summed E-state index contributed by atoms with van der Waals surface area (Å²) in [5.74, 6) is 1.54. The number of nitriles is 1. The molecule has 4 atom stereocenters. The highest BCUT2D eigenvalue weighted by atomic mass is 15.0. The monoisotopic (exact) mass is 178 g/mol. The predicted molar refractivity (Wildman–Crippen MR) is 52.1 cm³/mol. The normalized spacial score (nSPS) is 43.8. The summed E-state index contributed by atoms with van der Waals surface area (Å²) in [7, 11) is 0. The summed E-state index contributed by atoms with van der Waals surface area (Å²) in [6, 6.07) is 3.01. The molecule has 2 nitrogen and oxygen atoms in total. The Hall–Kier alpha value is -0.550. The van der Waals surface area contributed by atoms with Gasteiger partial charge in [0.05, 0.1) is 6.07 Å². The van der Waals surface area contributed by atoms with Crippen LogP contribution in [0, 0.1) is 23.2 Å². The summed E-state index contributed by atoms with van der Waals surface area (Å²) in [6.07, 6.45) is 4.74. The van der Waals surface area contributed by atoms with E-state index in [0.717, 1.165) is 18.8 Å². The van der Waals surface area contributed by atoms with E-state index in [1.807, 2.05) is 0 Å². The maximum absolute atomic E-state index is 9.25. The number of nitrogens with one attached hydrogen (secondary N) is 1. The summed E-state index contributed by atoms with van der Waals surface area (Å²) < 4.78 is 0. The predicted octanol–water partition coefficient (Wildman–Crippen LogP) is 2.07. The molecular formula is C11H18N2. The molecule has 1 N–H and O–H groups in total. The lowest BCUT2D eigenvalue weighted by Crippen LogP contribution is -2.48. The number of hydrogen-bond acceptors (Lipinski definition) is 2. The third-order valence-electron chi connectivity index (χ3n) is 3.78. The zero-order chi connectivity index (χ0) is 9.47. The number of hydrogen-bond donors (Lipinski definition) is 1. The van der Waals surface area contributed by atoms with Gasteiger partial charge in [-0.3, -0.25) is 5.32 Å². The van der Waals surface area contributed by atoms with Crippen molar-refractivity contribution < 1.29 is 0 Å². The summed E-state index contributed by atoms with van der Waals surface area (Å²) in [4.78, 5) is 0. The minimum atomic E-state index is -0.153. The second kappa shape index (κ2) is 2.99. The lowest BCUT2D eigenvalue weighted by molar-refractivity contribution is 0.331. The van der Waals surface area contributed by atoms with Gasteiger partial charge in [-0.2, -0.15) is 5.26 Å². The van der Waals surface area contributed by atoms with Gasteiger partial charge in [-0.05, 0) is 44.4 Å². The maximum atomic E-state index is 9.25. The molecule has 0 amide bonds. The largest absolute Gasteiger partial charge is 0.297 e. The molecule has 0 aromatic rings. The van der Waals surface area contributed by atoms with Gasteiger partial charge >= 0.3 is 0 Å². The van der Waals surface area contributed by atoms with Gasteiger partial charge in [0.25, 0.3) is 0 Å². The van der Waals surface area contributed by atoms with Gasteiger partial charge in [0.2, 0.25) is 0 Å². The Bertz CT molecular complexity index is 243. The molecule has 0 aliphatic heterocycles. The number of rotatable bonds is 3. The third kappa shape index (κ3) is 1.36. The molecule has 0 aromatic heterocycles. The first kappa shape index (κ1) is 9.02. The summed E-state index contributed by atoms with van der Waals surface area (Å²) in [6.45, 7) is 4.34. The Morgan fingerprint density at radius 3 is 2.85 bits per heavy atom. The van der Waals surface area contributed by atoms with Crippen LogP contribution >= 0.6 is 0 Å². The molecule has 0 saturated heterocycles. The first-order valence-corrected chi connectivity index (χ1v) is 5.41. The second-order valence-electron chi connectivity index (χ2n) is 4.68. The van der Waals surface area contributed by atoms with Crippen LogP contribution in [0.5, 0.6) is 0 Å². The molecule has 2 heteroatoms. The molecule has 2 fully saturated rings. The summed E-state index contributed by atoms with van der Waals surface area (Å²) >= 11 is 0. The van der Waals surface area contributed by atoms with Gasteiger partial charge in [0, 0.05) is 6.04 Å². The highest BCUT2D eigenvalue weighted by molar-refractivity contribution is 5.22. The van der Waals surface area contributed by atoms with Crippen LogP contribution in [0.2, 0.25) is 0 Å². The molecule has 2 rings (SSSR count). The van der Waals surface area contributed by atoms with Crippen molar-refractivity contribution in [2.24, 2.45) is 11.8 Å². The van der Waals surface area contributed by atoms with E-state index >= 15 is 0 Å². The van der Waals surface area contributed by atoms with Crippen molar-refractivity contribution in [3.8, 4) is 6.07 Å². The Labute approximate surface area is 80.3 Å². The maximum Gasteiger partial charge on any atom is 0.110 e. The molecule has 4 unspecified atom stereocenters. The molecule has 13 heavy (non-hydrogen) atoms. The second-order valence-corrected chi connectivity index (χ2v) is 4.68. The van der Waals surface area contributed by atoms with Crippen LogP contribution in [-0.2, 0) is 0 Å². The molecule has 0 spiro atoms. The number of nitrogens with zero attached hydrogens (tertiary/aromatic N) is 1. The van der Waals surface area contributed by atoms with Crippen molar-refractivity contribution >= 4 is 0 Å². The van der Waals surface area contributed by atoms with Crippen LogP contribution in [0.1, 0.15) is 39.5 Å². The lowest BCUT2D eigenvalue weighted by Gasteiger charge is -2.28. The molecule has 2 aliphatic rings. The third-order valence-corrected chi connectivity index (χ3v) is 3.78. The first-order chi connectivity index (χ1) is 6.22. The molecule has 0 radical (unpaired) electrons. The highest BCUT2D eigenvalue weighted by Gasteiger charge is 2.58. The Morgan fingerprint density at radius 1 is 1.69 bits per heavy atom. The van der Waals surface area contributed by atoms with Gasteiger partial charge < -0.3 is 0 Å². The highest BCUT2D eigenvalue weighted by Crippen LogP contribution is 2.57. The fourth-order valence-corrected chi connectivity index (χ4v) is 2.66. The minimum Gasteiger partial charge on any atom is -0.297 e. The SMILES string of the molecule is CCC(C)NC1(C#N)CCC2CC21. The topological polar surface area (TPSA) is 35.8 Å². The van der Waals surface area contributed by atoms with Crippen LogP contribution in [0.4, 0.5) is 0 Å². The Balaban J connectivity index is 2.04. The van der Waals surface area contributed by atoms with E-state index in [2.05, 4.69) is 25.2 Å². The molecule has 0 heterocycles. The summed E-state index contributed by atoms with van der Waals surface area (Å²) in [5, 5.41) is 12.8. The zero-order valence-corrected chi connectivity index (χ0v) is 8.51. The van der Waals surface area contributed by atoms with Crippen molar-refractivity contribution in [2.75, 3.05) is 0 Å². The Kier molecular flexibility index (Phi) is 2.08. The first-order valence-electron chi connectivity index (χ1n) is 5.41. The number of fused-ring (bicyclic) bond motifs is 1. The van der Waals surface area contributed by atoms with E-state index in [-0.39, 0.29) is 5.54 Å². The van der Waals surface area contributed by atoms with E-state index in [9.17, 15) is 5.26 Å². The van der Waals surface area contributed by atoms with Gasteiger partial charge in [0.15, 0.2) is 0 Å². The molecule has 2 aliphatic carbocycles.